The van der Waals surface area contributed by atoms with E-state index in [2.05, 4.69) is 100 Å². The van der Waals surface area contributed by atoms with E-state index in [1.165, 1.54) is 21.9 Å². The van der Waals surface area contributed by atoms with Gasteiger partial charge in [-0.3, -0.25) is 5.10 Å². The molecule has 0 atom stereocenters. The lowest BCUT2D eigenvalue weighted by Gasteiger charge is -1.92. The van der Waals surface area contributed by atoms with E-state index in [4.69, 9.17) is 0 Å². The van der Waals surface area contributed by atoms with Crippen molar-refractivity contribution in [1.29, 1.82) is 0 Å². The fraction of sp³-hybridized carbons (Fsp3) is 0. The van der Waals surface area contributed by atoms with E-state index in [1.54, 1.807) is 12.4 Å². The highest BCUT2D eigenvalue weighted by atomic mass is 15.3. The van der Waals surface area contributed by atoms with Crippen molar-refractivity contribution in [3.05, 3.63) is 133 Å². The standard InChI is InChI=1S/C14H12.C10H8.C2H3N3/c1-3-7-13(8-4-1)11-12-14-9-5-2-6-10-14;1-2-6-10-8-4-3-7-9(10)5-1;1-2-4-5-3-1/h1-12H;1-8H;1-2H,(H,3,4,5). The van der Waals surface area contributed by atoms with Gasteiger partial charge in [-0.1, -0.05) is 127 Å². The summed E-state index contributed by atoms with van der Waals surface area (Å²) >= 11 is 0. The maximum absolute atomic E-state index is 3.42. The first kappa shape index (κ1) is 19.8. The Morgan fingerprint density at radius 3 is 1.24 bits per heavy atom. The number of benzene rings is 4. The largest absolute Gasteiger partial charge is 0.266 e. The number of aromatic amines is 1. The van der Waals surface area contributed by atoms with Gasteiger partial charge in [0.05, 0.1) is 6.20 Å². The molecule has 4 aromatic carbocycles. The molecule has 0 fully saturated rings. The number of fused-ring (bicyclic) bond motifs is 1. The molecule has 5 rings (SSSR count). The van der Waals surface area contributed by atoms with E-state index in [9.17, 15) is 0 Å². The number of rotatable bonds is 2. The Bertz CT molecular complexity index is 962. The van der Waals surface area contributed by atoms with Crippen molar-refractivity contribution in [1.82, 2.24) is 15.4 Å². The van der Waals surface area contributed by atoms with Crippen LogP contribution in [-0.2, 0) is 0 Å². The molecule has 3 nitrogen and oxygen atoms in total. The first-order valence-corrected chi connectivity index (χ1v) is 9.44. The molecule has 0 aliphatic rings. The van der Waals surface area contributed by atoms with Gasteiger partial charge in [0, 0.05) is 6.20 Å². The van der Waals surface area contributed by atoms with Crippen molar-refractivity contribution in [2.45, 2.75) is 0 Å². The summed E-state index contributed by atoms with van der Waals surface area (Å²) in [4.78, 5) is 0. The second-order valence-electron chi connectivity index (χ2n) is 6.16. The number of hydrogen-bond acceptors (Lipinski definition) is 2. The van der Waals surface area contributed by atoms with Crippen molar-refractivity contribution in [2.75, 3.05) is 0 Å². The smallest absolute Gasteiger partial charge is 0.0690 e. The van der Waals surface area contributed by atoms with Gasteiger partial charge in [0.15, 0.2) is 0 Å². The molecule has 0 bridgehead atoms. The quantitative estimate of drug-likeness (QED) is 0.357. The van der Waals surface area contributed by atoms with E-state index < -0.39 is 0 Å². The van der Waals surface area contributed by atoms with Gasteiger partial charge in [-0.2, -0.15) is 0 Å². The van der Waals surface area contributed by atoms with Crippen LogP contribution in [0.1, 0.15) is 11.1 Å². The van der Waals surface area contributed by atoms with Crippen molar-refractivity contribution < 1.29 is 0 Å². The Morgan fingerprint density at radius 1 is 0.517 bits per heavy atom. The van der Waals surface area contributed by atoms with Gasteiger partial charge < -0.3 is 0 Å². The summed E-state index contributed by atoms with van der Waals surface area (Å²) in [6, 6.07) is 37.3. The summed E-state index contributed by atoms with van der Waals surface area (Å²) in [5.41, 5.74) is 2.47. The highest BCUT2D eigenvalue weighted by molar-refractivity contribution is 5.82. The van der Waals surface area contributed by atoms with Crippen molar-refractivity contribution in [2.24, 2.45) is 0 Å². The van der Waals surface area contributed by atoms with Crippen LogP contribution in [-0.4, -0.2) is 15.4 Å². The molecule has 0 aliphatic heterocycles. The van der Waals surface area contributed by atoms with Gasteiger partial charge in [0.1, 0.15) is 0 Å². The molecule has 5 aromatic rings. The highest BCUT2D eigenvalue weighted by Crippen LogP contribution is 2.11. The Kier molecular flexibility index (Phi) is 7.96. The van der Waals surface area contributed by atoms with Crippen LogP contribution in [0.3, 0.4) is 0 Å². The Hall–Kier alpha value is -3.98. The third-order valence-corrected chi connectivity index (χ3v) is 4.06. The zero-order valence-electron chi connectivity index (χ0n) is 16.1. The molecule has 1 N–H and O–H groups in total. The minimum absolute atomic E-state index is 1.23. The highest BCUT2D eigenvalue weighted by Gasteiger charge is 1.85. The number of H-pyrrole nitrogens is 1. The summed E-state index contributed by atoms with van der Waals surface area (Å²) < 4.78 is 0. The monoisotopic (exact) mass is 377 g/mol. The molecule has 0 unspecified atom stereocenters. The van der Waals surface area contributed by atoms with E-state index in [1.807, 2.05) is 36.4 Å². The van der Waals surface area contributed by atoms with E-state index >= 15 is 0 Å². The molecule has 0 aliphatic carbocycles. The molecular formula is C26H23N3. The predicted octanol–water partition coefficient (Wildman–Crippen LogP) is 6.50. The second-order valence-corrected chi connectivity index (χ2v) is 6.16. The minimum atomic E-state index is 1.23. The Labute approximate surface area is 171 Å². The van der Waals surface area contributed by atoms with E-state index in [0.717, 1.165) is 0 Å². The predicted molar refractivity (Wildman–Crippen MR) is 122 cm³/mol. The second kappa shape index (κ2) is 11.7. The van der Waals surface area contributed by atoms with Gasteiger partial charge in [0.2, 0.25) is 0 Å². The summed E-state index contributed by atoms with van der Waals surface area (Å²) in [5.74, 6) is 0. The molecular weight excluding hydrogens is 354 g/mol. The lowest BCUT2D eigenvalue weighted by atomic mass is 10.1. The zero-order valence-corrected chi connectivity index (χ0v) is 16.1. The normalized spacial score (nSPS) is 9.93. The van der Waals surface area contributed by atoms with Gasteiger partial charge in [-0.15, -0.1) is 5.10 Å². The average molecular weight is 377 g/mol. The fourth-order valence-electron chi connectivity index (χ4n) is 2.62. The average Bonchev–Trinajstić information content (AvgIpc) is 3.40. The van der Waals surface area contributed by atoms with Crippen LogP contribution in [0.25, 0.3) is 22.9 Å². The van der Waals surface area contributed by atoms with Crippen LogP contribution in [0.5, 0.6) is 0 Å². The van der Waals surface area contributed by atoms with Crippen LogP contribution >= 0.6 is 0 Å². The number of nitrogens with zero attached hydrogens (tertiary/aromatic N) is 2. The fourth-order valence-corrected chi connectivity index (χ4v) is 2.62. The molecule has 0 amide bonds. The lowest BCUT2D eigenvalue weighted by molar-refractivity contribution is 0.940. The van der Waals surface area contributed by atoms with Crippen molar-refractivity contribution in [3.63, 3.8) is 0 Å². The molecule has 0 spiro atoms. The maximum Gasteiger partial charge on any atom is 0.0690 e. The Morgan fingerprint density at radius 2 is 0.931 bits per heavy atom. The van der Waals surface area contributed by atoms with Crippen LogP contribution in [0, 0.1) is 0 Å². The summed E-state index contributed by atoms with van der Waals surface area (Å²) in [6.07, 6.45) is 7.48. The molecule has 3 heteroatoms. The number of hydrogen-bond donors (Lipinski definition) is 1. The van der Waals surface area contributed by atoms with Crippen molar-refractivity contribution in [3.8, 4) is 0 Å². The lowest BCUT2D eigenvalue weighted by Crippen LogP contribution is -1.70. The van der Waals surface area contributed by atoms with Gasteiger partial charge in [-0.25, -0.2) is 0 Å². The van der Waals surface area contributed by atoms with Crippen LogP contribution in [0.15, 0.2) is 122 Å². The van der Waals surface area contributed by atoms with E-state index in [0.29, 0.717) is 0 Å². The molecule has 0 radical (unpaired) electrons. The number of aromatic nitrogens is 3. The minimum Gasteiger partial charge on any atom is -0.266 e. The molecule has 29 heavy (non-hydrogen) atoms. The Balaban J connectivity index is 0.000000139. The molecule has 0 saturated carbocycles. The topological polar surface area (TPSA) is 41.6 Å². The van der Waals surface area contributed by atoms with Crippen LogP contribution in [0.2, 0.25) is 0 Å². The zero-order chi connectivity index (χ0) is 20.0. The summed E-state index contributed by atoms with van der Waals surface area (Å²) in [7, 11) is 0. The van der Waals surface area contributed by atoms with Gasteiger partial charge in [-0.05, 0) is 21.9 Å². The van der Waals surface area contributed by atoms with Gasteiger partial charge >= 0.3 is 0 Å². The third-order valence-electron chi connectivity index (χ3n) is 4.06. The molecule has 1 aromatic heterocycles. The van der Waals surface area contributed by atoms with Crippen LogP contribution in [0.4, 0.5) is 0 Å². The number of nitrogens with one attached hydrogen (secondary N) is 1. The van der Waals surface area contributed by atoms with Crippen molar-refractivity contribution >= 4 is 22.9 Å². The summed E-state index contributed by atoms with van der Waals surface area (Å²) in [5, 5.41) is 11.9. The summed E-state index contributed by atoms with van der Waals surface area (Å²) in [6.45, 7) is 0. The van der Waals surface area contributed by atoms with Crippen LogP contribution < -0.4 is 0 Å². The third kappa shape index (κ3) is 7.27. The molecule has 142 valence electrons. The molecule has 0 saturated heterocycles. The van der Waals surface area contributed by atoms with E-state index in [-0.39, 0.29) is 0 Å². The SMILES string of the molecule is C(=Cc1ccccc1)c1ccccc1.c1c[nH]nn1.c1ccc2ccccc2c1. The first-order valence-electron chi connectivity index (χ1n) is 9.44. The molecule has 1 heterocycles. The maximum atomic E-state index is 3.42. The first-order chi connectivity index (χ1) is 14.4. The van der Waals surface area contributed by atoms with Gasteiger partial charge in [0.25, 0.3) is 0 Å².